The highest BCUT2D eigenvalue weighted by Gasteiger charge is 2.30. The molecule has 0 aromatic heterocycles. The molecule has 1 aliphatic heterocycles. The van der Waals surface area contributed by atoms with Crippen LogP contribution in [0.5, 0.6) is 0 Å². The van der Waals surface area contributed by atoms with Crippen molar-refractivity contribution < 1.29 is 14.7 Å². The topological polar surface area (TPSA) is 60.9 Å². The normalized spacial score (nSPS) is 22.2. The van der Waals surface area contributed by atoms with Crippen molar-refractivity contribution >= 4 is 23.6 Å². The standard InChI is InChI=1S/C9H16N2O3S/c1-10(2)3-4-11-5-7(9(13)14)15-6-8(11)12/h7H,3-6H2,1-2H3,(H,13,14). The van der Waals surface area contributed by atoms with Crippen molar-refractivity contribution in [1.29, 1.82) is 0 Å². The Hall–Kier alpha value is -0.750. The van der Waals surface area contributed by atoms with Gasteiger partial charge in [0.05, 0.1) is 5.75 Å². The Labute approximate surface area is 93.4 Å². The number of rotatable bonds is 4. The van der Waals surface area contributed by atoms with Gasteiger partial charge in [-0.3, -0.25) is 9.59 Å². The fourth-order valence-corrected chi connectivity index (χ4v) is 2.26. The van der Waals surface area contributed by atoms with Crippen LogP contribution in [0.25, 0.3) is 0 Å². The predicted octanol–water partition coefficient (Wildman–Crippen LogP) is -0.423. The zero-order chi connectivity index (χ0) is 11.4. The maximum Gasteiger partial charge on any atom is 0.318 e. The number of thioether (sulfide) groups is 1. The quantitative estimate of drug-likeness (QED) is 0.713. The van der Waals surface area contributed by atoms with Crippen molar-refractivity contribution in [3.8, 4) is 0 Å². The zero-order valence-corrected chi connectivity index (χ0v) is 9.79. The van der Waals surface area contributed by atoms with Gasteiger partial charge in [0, 0.05) is 19.6 Å². The second-order valence-corrected chi connectivity index (χ2v) is 4.97. The van der Waals surface area contributed by atoms with Gasteiger partial charge in [-0.25, -0.2) is 0 Å². The van der Waals surface area contributed by atoms with Crippen LogP contribution < -0.4 is 0 Å². The number of amides is 1. The number of aliphatic carboxylic acids is 1. The van der Waals surface area contributed by atoms with Crippen LogP contribution in [0, 0.1) is 0 Å². The van der Waals surface area contributed by atoms with E-state index in [1.54, 1.807) is 4.90 Å². The SMILES string of the molecule is CN(C)CCN1CC(C(=O)O)SCC1=O. The van der Waals surface area contributed by atoms with E-state index >= 15 is 0 Å². The van der Waals surface area contributed by atoms with E-state index in [0.29, 0.717) is 13.1 Å². The summed E-state index contributed by atoms with van der Waals surface area (Å²) in [6.45, 7) is 1.70. The molecular weight excluding hydrogens is 216 g/mol. The van der Waals surface area contributed by atoms with Gasteiger partial charge in [0.25, 0.3) is 0 Å². The summed E-state index contributed by atoms with van der Waals surface area (Å²) in [5.74, 6) is -0.508. The van der Waals surface area contributed by atoms with E-state index in [1.165, 1.54) is 11.8 Å². The molecule has 1 N–H and O–H groups in total. The number of hydrogen-bond donors (Lipinski definition) is 1. The Morgan fingerprint density at radius 3 is 2.87 bits per heavy atom. The number of nitrogens with zero attached hydrogens (tertiary/aromatic N) is 2. The summed E-state index contributed by atoms with van der Waals surface area (Å²) in [5, 5.41) is 8.38. The molecule has 1 saturated heterocycles. The average molecular weight is 232 g/mol. The number of carboxylic acids is 1. The van der Waals surface area contributed by atoms with Crippen LogP contribution in [0.4, 0.5) is 0 Å². The first-order chi connectivity index (χ1) is 7.00. The molecule has 0 aliphatic carbocycles. The first-order valence-electron chi connectivity index (χ1n) is 4.77. The molecule has 0 bridgehead atoms. The minimum absolute atomic E-state index is 0.0411. The Morgan fingerprint density at radius 1 is 1.67 bits per heavy atom. The van der Waals surface area contributed by atoms with E-state index in [-0.39, 0.29) is 11.7 Å². The molecule has 0 aromatic rings. The monoisotopic (exact) mass is 232 g/mol. The van der Waals surface area contributed by atoms with Crippen LogP contribution in [0.1, 0.15) is 0 Å². The third kappa shape index (κ3) is 3.71. The van der Waals surface area contributed by atoms with Crippen molar-refractivity contribution in [2.45, 2.75) is 5.25 Å². The van der Waals surface area contributed by atoms with Gasteiger partial charge in [-0.2, -0.15) is 0 Å². The second kappa shape index (κ2) is 5.37. The van der Waals surface area contributed by atoms with E-state index < -0.39 is 11.2 Å². The average Bonchev–Trinajstić information content (AvgIpc) is 2.16. The Morgan fingerprint density at radius 2 is 2.33 bits per heavy atom. The molecule has 0 aromatic carbocycles. The van der Waals surface area contributed by atoms with Crippen LogP contribution in [-0.2, 0) is 9.59 Å². The fourth-order valence-electron chi connectivity index (χ4n) is 1.30. The third-order valence-electron chi connectivity index (χ3n) is 2.24. The van der Waals surface area contributed by atoms with Crippen molar-refractivity contribution in [2.24, 2.45) is 0 Å². The number of carbonyl (C=O) groups excluding carboxylic acids is 1. The highest BCUT2D eigenvalue weighted by molar-refractivity contribution is 8.01. The molecule has 5 nitrogen and oxygen atoms in total. The summed E-state index contributed by atoms with van der Waals surface area (Å²) in [6, 6.07) is 0. The van der Waals surface area contributed by atoms with Crippen molar-refractivity contribution in [2.75, 3.05) is 39.5 Å². The van der Waals surface area contributed by atoms with Gasteiger partial charge >= 0.3 is 5.97 Å². The number of carboxylic acid groups (broad SMARTS) is 1. The first-order valence-corrected chi connectivity index (χ1v) is 5.82. The van der Waals surface area contributed by atoms with Gasteiger partial charge in [-0.05, 0) is 14.1 Å². The molecule has 15 heavy (non-hydrogen) atoms. The Kier molecular flexibility index (Phi) is 4.41. The summed E-state index contributed by atoms with van der Waals surface area (Å²) in [5.41, 5.74) is 0. The summed E-state index contributed by atoms with van der Waals surface area (Å²) < 4.78 is 0. The van der Waals surface area contributed by atoms with Crippen LogP contribution >= 0.6 is 11.8 Å². The van der Waals surface area contributed by atoms with Gasteiger partial charge in [-0.1, -0.05) is 0 Å². The molecule has 0 radical (unpaired) electrons. The van der Waals surface area contributed by atoms with Crippen LogP contribution in [0.3, 0.4) is 0 Å². The summed E-state index contributed by atoms with van der Waals surface area (Å²) in [4.78, 5) is 25.9. The van der Waals surface area contributed by atoms with E-state index in [2.05, 4.69) is 0 Å². The highest BCUT2D eigenvalue weighted by atomic mass is 32.2. The molecule has 1 unspecified atom stereocenters. The molecule has 1 atom stereocenters. The van der Waals surface area contributed by atoms with Crippen molar-refractivity contribution in [1.82, 2.24) is 9.80 Å². The number of likely N-dealkylation sites (N-methyl/N-ethyl adjacent to an activating group) is 1. The molecule has 1 fully saturated rings. The Balaban J connectivity index is 2.46. The first kappa shape index (κ1) is 12.3. The van der Waals surface area contributed by atoms with Crippen LogP contribution in [0.15, 0.2) is 0 Å². The molecular formula is C9H16N2O3S. The maximum absolute atomic E-state index is 11.5. The summed E-state index contributed by atoms with van der Waals surface area (Å²) >= 11 is 1.21. The lowest BCUT2D eigenvalue weighted by molar-refractivity contribution is -0.138. The van der Waals surface area contributed by atoms with E-state index in [1.807, 2.05) is 19.0 Å². The van der Waals surface area contributed by atoms with Gasteiger partial charge in [0.1, 0.15) is 5.25 Å². The van der Waals surface area contributed by atoms with Crippen molar-refractivity contribution in [3.63, 3.8) is 0 Å². The molecule has 0 spiro atoms. The molecule has 1 aliphatic rings. The van der Waals surface area contributed by atoms with Crippen LogP contribution in [0.2, 0.25) is 0 Å². The van der Waals surface area contributed by atoms with E-state index in [4.69, 9.17) is 5.11 Å². The largest absolute Gasteiger partial charge is 0.480 e. The van der Waals surface area contributed by atoms with Crippen LogP contribution in [-0.4, -0.2) is 71.5 Å². The maximum atomic E-state index is 11.5. The smallest absolute Gasteiger partial charge is 0.318 e. The van der Waals surface area contributed by atoms with E-state index in [9.17, 15) is 9.59 Å². The molecule has 1 heterocycles. The van der Waals surface area contributed by atoms with E-state index in [0.717, 1.165) is 6.54 Å². The van der Waals surface area contributed by atoms with Gasteiger partial charge < -0.3 is 14.9 Å². The predicted molar refractivity (Wildman–Crippen MR) is 59.0 cm³/mol. The number of carbonyl (C=O) groups is 2. The molecule has 1 rings (SSSR count). The van der Waals surface area contributed by atoms with Gasteiger partial charge in [0.2, 0.25) is 5.91 Å². The lowest BCUT2D eigenvalue weighted by Gasteiger charge is -2.31. The third-order valence-corrected chi connectivity index (χ3v) is 3.41. The van der Waals surface area contributed by atoms with Gasteiger partial charge in [-0.15, -0.1) is 11.8 Å². The summed E-state index contributed by atoms with van der Waals surface area (Å²) in [6.07, 6.45) is 0. The number of hydrogen-bond acceptors (Lipinski definition) is 4. The highest BCUT2D eigenvalue weighted by Crippen LogP contribution is 2.19. The molecule has 6 heteroatoms. The minimum atomic E-state index is -0.831. The summed E-state index contributed by atoms with van der Waals surface area (Å²) in [7, 11) is 3.86. The van der Waals surface area contributed by atoms with Crippen molar-refractivity contribution in [3.05, 3.63) is 0 Å². The fraction of sp³-hybridized carbons (Fsp3) is 0.778. The Bertz CT molecular complexity index is 258. The lowest BCUT2D eigenvalue weighted by Crippen LogP contribution is -2.47. The molecule has 86 valence electrons. The lowest BCUT2D eigenvalue weighted by atomic mass is 10.3. The minimum Gasteiger partial charge on any atom is -0.480 e. The second-order valence-electron chi connectivity index (χ2n) is 3.78. The molecule has 1 amide bonds. The molecule has 0 saturated carbocycles. The zero-order valence-electron chi connectivity index (χ0n) is 8.97. The van der Waals surface area contributed by atoms with Gasteiger partial charge in [0.15, 0.2) is 0 Å².